The van der Waals surface area contributed by atoms with E-state index in [1.807, 2.05) is 0 Å². The molecule has 2 aromatic rings. The van der Waals surface area contributed by atoms with Crippen LogP contribution in [0.15, 0.2) is 28.7 Å². The van der Waals surface area contributed by atoms with E-state index in [2.05, 4.69) is 0 Å². The van der Waals surface area contributed by atoms with E-state index in [1.165, 1.54) is 6.07 Å². The molecule has 0 atom stereocenters. The Morgan fingerprint density at radius 3 is 2.85 bits per heavy atom. The van der Waals surface area contributed by atoms with Crippen molar-refractivity contribution in [3.63, 3.8) is 0 Å². The van der Waals surface area contributed by atoms with E-state index in [1.54, 1.807) is 18.2 Å². The Morgan fingerprint density at radius 1 is 1.38 bits per heavy atom. The quantitative estimate of drug-likeness (QED) is 0.687. The fraction of sp³-hybridized carbons (Fsp3) is 0. The smallest absolute Gasteiger partial charge is 0.282 e. The molecule has 1 amide bonds. The third-order valence-electron chi connectivity index (χ3n) is 1.79. The van der Waals surface area contributed by atoms with Crippen molar-refractivity contribution in [2.24, 2.45) is 5.73 Å². The molecule has 1 aromatic carbocycles. The third-order valence-corrected chi connectivity index (χ3v) is 1.79. The Labute approximate surface area is 73.6 Å². The van der Waals surface area contributed by atoms with Gasteiger partial charge in [0, 0.05) is 17.0 Å². The minimum absolute atomic E-state index is 0.170. The van der Waals surface area contributed by atoms with Gasteiger partial charge in [-0.1, -0.05) is 0 Å². The van der Waals surface area contributed by atoms with Gasteiger partial charge in [0.25, 0.3) is 5.95 Å². The van der Waals surface area contributed by atoms with Gasteiger partial charge in [0.15, 0.2) is 0 Å². The molecule has 0 spiro atoms. The molecule has 4 heteroatoms. The molecule has 1 aromatic heterocycles. The lowest BCUT2D eigenvalue weighted by Gasteiger charge is -1.92. The van der Waals surface area contributed by atoms with E-state index >= 15 is 0 Å². The number of benzene rings is 1. The zero-order valence-corrected chi connectivity index (χ0v) is 6.65. The summed E-state index contributed by atoms with van der Waals surface area (Å²) in [7, 11) is 0. The van der Waals surface area contributed by atoms with Crippen LogP contribution in [0, 0.1) is 0 Å². The molecule has 13 heavy (non-hydrogen) atoms. The van der Waals surface area contributed by atoms with Crippen LogP contribution in [0.4, 0.5) is 0 Å². The molecule has 1 heterocycles. The van der Waals surface area contributed by atoms with Gasteiger partial charge < -0.3 is 15.3 Å². The summed E-state index contributed by atoms with van der Waals surface area (Å²) in [4.78, 5) is 10.8. The Balaban J connectivity index is 2.67. The maximum Gasteiger partial charge on any atom is 0.282 e. The normalized spacial score (nSPS) is 10.5. The number of rotatable bonds is 1. The first-order valence-corrected chi connectivity index (χ1v) is 3.69. The summed E-state index contributed by atoms with van der Waals surface area (Å²) in [6.45, 7) is 0. The van der Waals surface area contributed by atoms with E-state index < -0.39 is 5.91 Å². The fourth-order valence-corrected chi connectivity index (χ4v) is 1.18. The minimum atomic E-state index is -0.498. The zero-order valence-electron chi connectivity index (χ0n) is 6.65. The van der Waals surface area contributed by atoms with Gasteiger partial charge >= 0.3 is 0 Å². The lowest BCUT2D eigenvalue weighted by atomic mass is 10.1. The maximum atomic E-state index is 10.8. The van der Waals surface area contributed by atoms with Crippen LogP contribution in [0.5, 0.6) is 5.95 Å². The van der Waals surface area contributed by atoms with E-state index in [-0.39, 0.29) is 5.95 Å². The van der Waals surface area contributed by atoms with Crippen molar-refractivity contribution < 1.29 is 14.3 Å². The molecule has 4 nitrogen and oxygen atoms in total. The number of hydrogen-bond donors (Lipinski definition) is 2. The lowest BCUT2D eigenvalue weighted by molar-refractivity contribution is 0.100. The molecule has 0 radical (unpaired) electrons. The zero-order chi connectivity index (χ0) is 9.42. The van der Waals surface area contributed by atoms with Gasteiger partial charge in [0.2, 0.25) is 5.91 Å². The molecule has 0 fully saturated rings. The number of hydrogen-bond acceptors (Lipinski definition) is 3. The number of carbonyl (C=O) groups excluding carboxylic acids is 1. The van der Waals surface area contributed by atoms with Crippen molar-refractivity contribution in [1.82, 2.24) is 0 Å². The van der Waals surface area contributed by atoms with Crippen LogP contribution in [0.1, 0.15) is 10.4 Å². The van der Waals surface area contributed by atoms with Crippen LogP contribution in [-0.2, 0) is 0 Å². The van der Waals surface area contributed by atoms with Crippen molar-refractivity contribution >= 4 is 16.9 Å². The standard InChI is InChI=1S/C9H7NO3/c10-9(12)5-1-2-7-6(3-5)4-8(11)13-7/h1-4,11H,(H2,10,12). The van der Waals surface area contributed by atoms with Crippen molar-refractivity contribution in [2.45, 2.75) is 0 Å². The Morgan fingerprint density at radius 2 is 2.15 bits per heavy atom. The topological polar surface area (TPSA) is 76.5 Å². The third kappa shape index (κ3) is 1.22. The molecule has 0 aliphatic heterocycles. The van der Waals surface area contributed by atoms with Gasteiger partial charge in [-0.3, -0.25) is 4.79 Å². The molecule has 0 aliphatic rings. The predicted molar refractivity (Wildman–Crippen MR) is 46.4 cm³/mol. The van der Waals surface area contributed by atoms with Gasteiger partial charge in [0.1, 0.15) is 5.58 Å². The van der Waals surface area contributed by atoms with Crippen molar-refractivity contribution in [3.05, 3.63) is 29.8 Å². The van der Waals surface area contributed by atoms with Crippen LogP contribution < -0.4 is 5.73 Å². The summed E-state index contributed by atoms with van der Waals surface area (Å²) in [5, 5.41) is 9.66. The summed E-state index contributed by atoms with van der Waals surface area (Å²) in [6, 6.07) is 6.14. The van der Waals surface area contributed by atoms with E-state index in [4.69, 9.17) is 15.3 Å². The molecule has 0 bridgehead atoms. The number of aromatic hydroxyl groups is 1. The van der Waals surface area contributed by atoms with Gasteiger partial charge in [-0.25, -0.2) is 0 Å². The second-order valence-electron chi connectivity index (χ2n) is 2.70. The molecule has 0 aliphatic carbocycles. The molecular formula is C9H7NO3. The molecule has 0 unspecified atom stereocenters. The summed E-state index contributed by atoms with van der Waals surface area (Å²) in [5.74, 6) is -0.667. The first-order valence-electron chi connectivity index (χ1n) is 3.69. The molecule has 0 saturated carbocycles. The van der Waals surface area contributed by atoms with Gasteiger partial charge in [-0.2, -0.15) is 0 Å². The van der Waals surface area contributed by atoms with Crippen molar-refractivity contribution in [3.8, 4) is 5.95 Å². The fourth-order valence-electron chi connectivity index (χ4n) is 1.18. The van der Waals surface area contributed by atoms with E-state index in [0.29, 0.717) is 16.5 Å². The number of nitrogens with two attached hydrogens (primary N) is 1. The summed E-state index contributed by atoms with van der Waals surface area (Å²) in [5.41, 5.74) is 6.01. The molecule has 3 N–H and O–H groups in total. The lowest BCUT2D eigenvalue weighted by Crippen LogP contribution is -2.10. The highest BCUT2D eigenvalue weighted by atomic mass is 16.5. The van der Waals surface area contributed by atoms with Crippen molar-refractivity contribution in [2.75, 3.05) is 0 Å². The summed E-state index contributed by atoms with van der Waals surface area (Å²) in [6.07, 6.45) is 0. The number of fused-ring (bicyclic) bond motifs is 1. The number of furan rings is 1. The second-order valence-corrected chi connectivity index (χ2v) is 2.70. The van der Waals surface area contributed by atoms with Gasteiger partial charge in [0.05, 0.1) is 0 Å². The highest BCUT2D eigenvalue weighted by molar-refractivity contribution is 5.96. The average Bonchev–Trinajstić information content (AvgIpc) is 2.42. The van der Waals surface area contributed by atoms with Gasteiger partial charge in [-0.15, -0.1) is 0 Å². The molecule has 0 saturated heterocycles. The SMILES string of the molecule is NC(=O)c1ccc2oc(O)cc2c1. The van der Waals surface area contributed by atoms with Crippen LogP contribution >= 0.6 is 0 Å². The van der Waals surface area contributed by atoms with Crippen LogP contribution in [0.2, 0.25) is 0 Å². The van der Waals surface area contributed by atoms with Crippen LogP contribution in [0.3, 0.4) is 0 Å². The van der Waals surface area contributed by atoms with Crippen LogP contribution in [-0.4, -0.2) is 11.0 Å². The molecular weight excluding hydrogens is 170 g/mol. The summed E-state index contributed by atoms with van der Waals surface area (Å²) >= 11 is 0. The number of primary amides is 1. The number of amides is 1. The Bertz CT molecular complexity index is 473. The minimum Gasteiger partial charge on any atom is -0.481 e. The molecule has 66 valence electrons. The first kappa shape index (κ1) is 7.67. The second kappa shape index (κ2) is 2.52. The highest BCUT2D eigenvalue weighted by Crippen LogP contribution is 2.24. The van der Waals surface area contributed by atoms with Crippen molar-refractivity contribution in [1.29, 1.82) is 0 Å². The molecule has 2 rings (SSSR count). The van der Waals surface area contributed by atoms with Crippen LogP contribution in [0.25, 0.3) is 11.0 Å². The number of carbonyl (C=O) groups is 1. The van der Waals surface area contributed by atoms with Gasteiger partial charge in [-0.05, 0) is 18.2 Å². The maximum absolute atomic E-state index is 10.8. The first-order chi connectivity index (χ1) is 6.16. The predicted octanol–water partition coefficient (Wildman–Crippen LogP) is 1.24. The largest absolute Gasteiger partial charge is 0.481 e. The Hall–Kier alpha value is -1.97. The Kier molecular flexibility index (Phi) is 1.48. The van der Waals surface area contributed by atoms with E-state index in [9.17, 15) is 4.79 Å². The average molecular weight is 177 g/mol. The monoisotopic (exact) mass is 177 g/mol. The highest BCUT2D eigenvalue weighted by Gasteiger charge is 2.05. The van der Waals surface area contributed by atoms with E-state index in [0.717, 1.165) is 0 Å². The summed E-state index contributed by atoms with van der Waals surface area (Å²) < 4.78 is 4.91.